The van der Waals surface area contributed by atoms with Gasteiger partial charge in [-0.2, -0.15) is 0 Å². The molecule has 3 N–H and O–H groups in total. The molecule has 1 heterocycles. The summed E-state index contributed by atoms with van der Waals surface area (Å²) in [4.78, 5) is 40.6. The van der Waals surface area contributed by atoms with E-state index in [-0.39, 0.29) is 28.7 Å². The minimum absolute atomic E-state index is 0.0502. The number of rotatable bonds is 6. The first-order valence-corrected chi connectivity index (χ1v) is 7.62. The molecule has 0 fully saturated rings. The van der Waals surface area contributed by atoms with Gasteiger partial charge in [0.15, 0.2) is 16.8 Å². The smallest absolute Gasteiger partial charge is 0.251 e. The fraction of sp³-hybridized carbons (Fsp3) is 0.143. The van der Waals surface area contributed by atoms with Gasteiger partial charge in [-0.05, 0) is 12.1 Å². The number of H-pyrrole nitrogens is 1. The van der Waals surface area contributed by atoms with E-state index in [9.17, 15) is 23.2 Å². The van der Waals surface area contributed by atoms with Gasteiger partial charge in [-0.15, -0.1) is 0 Å². The van der Waals surface area contributed by atoms with Crippen molar-refractivity contribution >= 4 is 29.3 Å². The fourth-order valence-corrected chi connectivity index (χ4v) is 2.25. The summed E-state index contributed by atoms with van der Waals surface area (Å²) in [5.41, 5.74) is -0.257. The van der Waals surface area contributed by atoms with Crippen molar-refractivity contribution in [3.8, 4) is 0 Å². The highest BCUT2D eigenvalue weighted by Gasteiger charge is 2.09. The second-order valence-electron chi connectivity index (χ2n) is 4.48. The van der Waals surface area contributed by atoms with Crippen molar-refractivity contribution in [2.24, 2.45) is 0 Å². The molecule has 0 atom stereocenters. The number of aromatic nitrogens is 2. The molecule has 7 nitrogen and oxygen atoms in total. The van der Waals surface area contributed by atoms with Gasteiger partial charge >= 0.3 is 0 Å². The molecular formula is C14H12F2N4O3S. The molecule has 1 aromatic heterocycles. The van der Waals surface area contributed by atoms with Gasteiger partial charge in [0, 0.05) is 24.0 Å². The molecule has 2 amide bonds. The monoisotopic (exact) mass is 354 g/mol. The van der Waals surface area contributed by atoms with Crippen LogP contribution < -0.4 is 16.2 Å². The second kappa shape index (κ2) is 8.20. The summed E-state index contributed by atoms with van der Waals surface area (Å²) in [5.74, 6) is -3.20. The van der Waals surface area contributed by atoms with Gasteiger partial charge < -0.3 is 15.6 Å². The lowest BCUT2D eigenvalue weighted by atomic mass is 10.3. The van der Waals surface area contributed by atoms with E-state index in [0.717, 1.165) is 23.9 Å². The van der Waals surface area contributed by atoms with E-state index in [2.05, 4.69) is 20.6 Å². The number of anilines is 1. The summed E-state index contributed by atoms with van der Waals surface area (Å²) in [6.07, 6.45) is 1.31. The van der Waals surface area contributed by atoms with Crippen molar-refractivity contribution in [1.82, 2.24) is 15.3 Å². The quantitative estimate of drug-likeness (QED) is 0.528. The minimum atomic E-state index is -1.09. The van der Waals surface area contributed by atoms with Crippen LogP contribution in [0.15, 0.2) is 40.4 Å². The number of aromatic amines is 1. The summed E-state index contributed by atoms with van der Waals surface area (Å²) >= 11 is 1.00. The van der Waals surface area contributed by atoms with Gasteiger partial charge in [0.1, 0.15) is 0 Å². The summed E-state index contributed by atoms with van der Waals surface area (Å²) in [6.45, 7) is -0.336. The first-order chi connectivity index (χ1) is 11.4. The van der Waals surface area contributed by atoms with Crippen LogP contribution in [0.3, 0.4) is 0 Å². The highest BCUT2D eigenvalue weighted by molar-refractivity contribution is 7.99. The van der Waals surface area contributed by atoms with Crippen LogP contribution in [0.4, 0.5) is 14.5 Å². The Balaban J connectivity index is 1.75. The molecule has 0 aliphatic carbocycles. The fourth-order valence-electron chi connectivity index (χ4n) is 1.57. The number of nitrogens with one attached hydrogen (secondary N) is 3. The zero-order chi connectivity index (χ0) is 17.5. The zero-order valence-electron chi connectivity index (χ0n) is 12.1. The average Bonchev–Trinajstić information content (AvgIpc) is 2.54. The van der Waals surface area contributed by atoms with Crippen molar-refractivity contribution < 1.29 is 18.4 Å². The van der Waals surface area contributed by atoms with Crippen molar-refractivity contribution in [2.75, 3.05) is 17.6 Å². The van der Waals surface area contributed by atoms with E-state index in [0.29, 0.717) is 0 Å². The van der Waals surface area contributed by atoms with E-state index >= 15 is 0 Å². The zero-order valence-corrected chi connectivity index (χ0v) is 13.0. The molecule has 126 valence electrons. The van der Waals surface area contributed by atoms with Crippen LogP contribution in [-0.2, 0) is 9.59 Å². The molecule has 0 bridgehead atoms. The predicted octanol–water partition coefficient (Wildman–Crippen LogP) is 0.895. The molecule has 0 aliphatic rings. The summed E-state index contributed by atoms with van der Waals surface area (Å²) in [7, 11) is 0. The van der Waals surface area contributed by atoms with Crippen molar-refractivity contribution in [2.45, 2.75) is 5.16 Å². The van der Waals surface area contributed by atoms with Crippen molar-refractivity contribution in [3.63, 3.8) is 0 Å². The van der Waals surface area contributed by atoms with Crippen LogP contribution in [0.1, 0.15) is 0 Å². The van der Waals surface area contributed by atoms with Crippen LogP contribution in [0, 0.1) is 11.6 Å². The molecule has 24 heavy (non-hydrogen) atoms. The Hall–Kier alpha value is -2.75. The van der Waals surface area contributed by atoms with Crippen LogP contribution in [0.25, 0.3) is 0 Å². The van der Waals surface area contributed by atoms with E-state index in [1.165, 1.54) is 18.3 Å². The molecule has 0 radical (unpaired) electrons. The number of nitrogens with zero attached hydrogens (tertiary/aromatic N) is 1. The number of benzene rings is 1. The highest BCUT2D eigenvalue weighted by atomic mass is 32.2. The highest BCUT2D eigenvalue weighted by Crippen LogP contribution is 2.12. The molecule has 0 saturated carbocycles. The number of halogens is 2. The summed E-state index contributed by atoms with van der Waals surface area (Å²) in [6, 6.07) is 4.16. The Bertz CT molecular complexity index is 813. The van der Waals surface area contributed by atoms with Gasteiger partial charge in [0.2, 0.25) is 11.8 Å². The van der Waals surface area contributed by atoms with Gasteiger partial charge in [0.25, 0.3) is 5.56 Å². The number of hydrogen-bond acceptors (Lipinski definition) is 5. The third kappa shape index (κ3) is 5.47. The second-order valence-corrected chi connectivity index (χ2v) is 5.45. The Labute approximate surface area is 138 Å². The van der Waals surface area contributed by atoms with Gasteiger partial charge in [-0.3, -0.25) is 14.4 Å². The molecule has 0 unspecified atom stereocenters. The van der Waals surface area contributed by atoms with Gasteiger partial charge in [0.05, 0.1) is 12.3 Å². The maximum atomic E-state index is 13.0. The lowest BCUT2D eigenvalue weighted by Crippen LogP contribution is -2.34. The molecule has 2 rings (SSSR count). The summed E-state index contributed by atoms with van der Waals surface area (Å²) < 4.78 is 25.8. The molecular weight excluding hydrogens is 342 g/mol. The van der Waals surface area contributed by atoms with Crippen LogP contribution in [0.2, 0.25) is 0 Å². The normalized spacial score (nSPS) is 10.2. The lowest BCUT2D eigenvalue weighted by Gasteiger charge is -2.07. The molecule has 1 aromatic carbocycles. The maximum Gasteiger partial charge on any atom is 0.251 e. The summed E-state index contributed by atoms with van der Waals surface area (Å²) in [5, 5.41) is 4.96. The standard InChI is InChI=1S/C14H12F2N4O3S/c15-9-2-1-8(5-10(9)16)19-12(22)6-18-13(23)7-24-14-17-4-3-11(21)20-14/h1-5H,6-7H2,(H,18,23)(H,19,22)(H,17,20,21). The third-order valence-corrected chi connectivity index (χ3v) is 3.52. The Morgan fingerprint density at radius 1 is 1.17 bits per heavy atom. The van der Waals surface area contributed by atoms with Crippen LogP contribution in [0.5, 0.6) is 0 Å². The molecule has 2 aromatic rings. The van der Waals surface area contributed by atoms with Gasteiger partial charge in [-0.25, -0.2) is 13.8 Å². The lowest BCUT2D eigenvalue weighted by molar-refractivity contribution is -0.122. The minimum Gasteiger partial charge on any atom is -0.346 e. The Kier molecular flexibility index (Phi) is 6.01. The number of amides is 2. The van der Waals surface area contributed by atoms with E-state index in [4.69, 9.17) is 0 Å². The molecule has 10 heteroatoms. The molecule has 0 spiro atoms. The van der Waals surface area contributed by atoms with E-state index in [1.54, 1.807) is 0 Å². The first kappa shape index (κ1) is 17.6. The maximum absolute atomic E-state index is 13.0. The predicted molar refractivity (Wildman–Crippen MR) is 83.6 cm³/mol. The van der Waals surface area contributed by atoms with Crippen molar-refractivity contribution in [3.05, 3.63) is 52.5 Å². The number of carbonyl (C=O) groups excluding carboxylic acids is 2. The average molecular weight is 354 g/mol. The topological polar surface area (TPSA) is 104 Å². The SMILES string of the molecule is O=C(CSc1nccc(=O)[nH]1)NCC(=O)Nc1ccc(F)c(F)c1. The van der Waals surface area contributed by atoms with Gasteiger partial charge in [-0.1, -0.05) is 11.8 Å². The van der Waals surface area contributed by atoms with E-state index in [1.807, 2.05) is 0 Å². The van der Waals surface area contributed by atoms with Crippen LogP contribution in [-0.4, -0.2) is 34.1 Å². The molecule has 0 aliphatic heterocycles. The first-order valence-electron chi connectivity index (χ1n) is 6.64. The van der Waals surface area contributed by atoms with E-state index < -0.39 is 23.4 Å². The molecule has 0 saturated heterocycles. The third-order valence-electron chi connectivity index (χ3n) is 2.64. The number of carbonyl (C=O) groups is 2. The van der Waals surface area contributed by atoms with Crippen LogP contribution >= 0.6 is 11.8 Å². The Morgan fingerprint density at radius 2 is 1.96 bits per heavy atom. The number of thioether (sulfide) groups is 1. The van der Waals surface area contributed by atoms with Crippen molar-refractivity contribution in [1.29, 1.82) is 0 Å². The largest absolute Gasteiger partial charge is 0.346 e. The Morgan fingerprint density at radius 3 is 2.67 bits per heavy atom. The number of hydrogen-bond donors (Lipinski definition) is 3.